The molecule has 0 unspecified atom stereocenters. The lowest BCUT2D eigenvalue weighted by molar-refractivity contribution is -0.386. The van der Waals surface area contributed by atoms with E-state index >= 15 is 0 Å². The average Bonchev–Trinajstić information content (AvgIpc) is 2.85. The van der Waals surface area contributed by atoms with Crippen LogP contribution in [0.25, 0.3) is 0 Å². The van der Waals surface area contributed by atoms with Gasteiger partial charge in [0.15, 0.2) is 0 Å². The van der Waals surface area contributed by atoms with Gasteiger partial charge >= 0.3 is 5.69 Å². The van der Waals surface area contributed by atoms with E-state index in [-0.39, 0.29) is 36.8 Å². The Kier molecular flexibility index (Phi) is 6.05. The third-order valence-corrected chi connectivity index (χ3v) is 4.01. The van der Waals surface area contributed by atoms with Crippen molar-refractivity contribution in [2.45, 2.75) is 33.4 Å². The summed E-state index contributed by atoms with van der Waals surface area (Å²) in [6, 6.07) is 9.33. The number of carbonyl (C=O) groups excluding carboxylic acids is 2. The van der Waals surface area contributed by atoms with Crippen molar-refractivity contribution < 1.29 is 14.5 Å². The summed E-state index contributed by atoms with van der Waals surface area (Å²) in [5.41, 5.74) is 6.58. The standard InChI is InChI=1S/C17H21N5O4/c1-12-17(22(25)26)13(2)21(19-12)11-16(24)20(9-8-15(18)23)10-14-6-4-3-5-7-14/h3-7H,8-11H2,1-2H3,(H2,18,23). The minimum Gasteiger partial charge on any atom is -0.370 e. The minimum atomic E-state index is -0.506. The summed E-state index contributed by atoms with van der Waals surface area (Å²) in [7, 11) is 0. The summed E-state index contributed by atoms with van der Waals surface area (Å²) in [4.78, 5) is 35.9. The first kappa shape index (κ1) is 19.1. The molecule has 0 aliphatic heterocycles. The predicted molar refractivity (Wildman–Crippen MR) is 94.0 cm³/mol. The highest BCUT2D eigenvalue weighted by Crippen LogP contribution is 2.21. The summed E-state index contributed by atoms with van der Waals surface area (Å²) in [5, 5.41) is 15.2. The summed E-state index contributed by atoms with van der Waals surface area (Å²) in [6.07, 6.45) is 0.0375. The number of nitrogens with zero attached hydrogens (tertiary/aromatic N) is 4. The summed E-state index contributed by atoms with van der Waals surface area (Å²) in [6.45, 7) is 3.42. The molecule has 0 fully saturated rings. The summed E-state index contributed by atoms with van der Waals surface area (Å²) in [5.74, 6) is -0.798. The number of primary amides is 1. The fraction of sp³-hybridized carbons (Fsp3) is 0.353. The highest BCUT2D eigenvalue weighted by Gasteiger charge is 2.24. The molecule has 0 atom stereocenters. The quantitative estimate of drug-likeness (QED) is 0.562. The second-order valence-corrected chi connectivity index (χ2v) is 5.95. The van der Waals surface area contributed by atoms with Crippen molar-refractivity contribution in [1.29, 1.82) is 0 Å². The lowest BCUT2D eigenvalue weighted by atomic mass is 10.2. The molecule has 0 bridgehead atoms. The second-order valence-electron chi connectivity index (χ2n) is 5.95. The molecule has 2 rings (SSSR count). The van der Waals surface area contributed by atoms with Crippen molar-refractivity contribution >= 4 is 17.5 Å². The number of aromatic nitrogens is 2. The number of hydrogen-bond acceptors (Lipinski definition) is 5. The van der Waals surface area contributed by atoms with Crippen molar-refractivity contribution in [1.82, 2.24) is 14.7 Å². The van der Waals surface area contributed by atoms with Crippen LogP contribution in [0.3, 0.4) is 0 Å². The molecular weight excluding hydrogens is 338 g/mol. The molecule has 0 aliphatic rings. The van der Waals surface area contributed by atoms with Gasteiger partial charge in [0.2, 0.25) is 11.8 Å². The Morgan fingerprint density at radius 3 is 2.46 bits per heavy atom. The molecule has 0 saturated carbocycles. The van der Waals surface area contributed by atoms with Crippen LogP contribution in [0.1, 0.15) is 23.4 Å². The van der Waals surface area contributed by atoms with Gasteiger partial charge in [-0.25, -0.2) is 0 Å². The molecule has 26 heavy (non-hydrogen) atoms. The fourth-order valence-electron chi connectivity index (χ4n) is 2.67. The molecule has 1 aromatic carbocycles. The van der Waals surface area contributed by atoms with Gasteiger partial charge in [-0.3, -0.25) is 24.4 Å². The number of nitrogens with two attached hydrogens (primary N) is 1. The Hall–Kier alpha value is -3.23. The normalized spacial score (nSPS) is 10.5. The van der Waals surface area contributed by atoms with Crippen molar-refractivity contribution in [2.24, 2.45) is 5.73 Å². The summed E-state index contributed by atoms with van der Waals surface area (Å²) < 4.78 is 1.32. The Labute approximate surface area is 150 Å². The zero-order valence-corrected chi connectivity index (χ0v) is 14.7. The molecule has 1 aromatic heterocycles. The van der Waals surface area contributed by atoms with Crippen molar-refractivity contribution in [3.05, 3.63) is 57.4 Å². The molecule has 2 N–H and O–H groups in total. The molecular formula is C17H21N5O4. The van der Waals surface area contributed by atoms with E-state index in [9.17, 15) is 19.7 Å². The minimum absolute atomic E-state index is 0.0375. The Morgan fingerprint density at radius 1 is 1.27 bits per heavy atom. The zero-order valence-electron chi connectivity index (χ0n) is 14.7. The van der Waals surface area contributed by atoms with E-state index in [1.165, 1.54) is 16.5 Å². The van der Waals surface area contributed by atoms with Gasteiger partial charge in [0, 0.05) is 19.5 Å². The fourth-order valence-corrected chi connectivity index (χ4v) is 2.67. The van der Waals surface area contributed by atoms with Crippen LogP contribution >= 0.6 is 0 Å². The van der Waals surface area contributed by atoms with Gasteiger partial charge in [-0.15, -0.1) is 0 Å². The van der Waals surface area contributed by atoms with Gasteiger partial charge in [0.05, 0.1) is 4.92 Å². The van der Waals surface area contributed by atoms with Crippen LogP contribution in [0, 0.1) is 24.0 Å². The Balaban J connectivity index is 2.19. The van der Waals surface area contributed by atoms with Gasteiger partial charge < -0.3 is 10.6 Å². The van der Waals surface area contributed by atoms with E-state index in [0.717, 1.165) is 5.56 Å². The van der Waals surface area contributed by atoms with Gasteiger partial charge in [0.1, 0.15) is 17.9 Å². The molecule has 0 radical (unpaired) electrons. The molecule has 0 saturated heterocycles. The van der Waals surface area contributed by atoms with Crippen molar-refractivity contribution in [3.8, 4) is 0 Å². The molecule has 2 amide bonds. The number of nitro groups is 1. The van der Waals surface area contributed by atoms with Crippen molar-refractivity contribution in [2.75, 3.05) is 6.54 Å². The van der Waals surface area contributed by atoms with Crippen LogP contribution in [-0.4, -0.2) is 38.0 Å². The van der Waals surface area contributed by atoms with Gasteiger partial charge in [0.25, 0.3) is 0 Å². The number of carbonyl (C=O) groups is 2. The number of amides is 2. The monoisotopic (exact) mass is 359 g/mol. The maximum absolute atomic E-state index is 12.7. The van der Waals surface area contributed by atoms with Gasteiger partial charge in [-0.2, -0.15) is 5.10 Å². The number of hydrogen-bond donors (Lipinski definition) is 1. The smallest absolute Gasteiger partial charge is 0.312 e. The van der Waals surface area contributed by atoms with Crippen LogP contribution in [0.15, 0.2) is 30.3 Å². The maximum atomic E-state index is 12.7. The van der Waals surface area contributed by atoms with Gasteiger partial charge in [-0.05, 0) is 19.4 Å². The third-order valence-electron chi connectivity index (χ3n) is 4.01. The topological polar surface area (TPSA) is 124 Å². The SMILES string of the molecule is Cc1nn(CC(=O)N(CCC(N)=O)Cc2ccccc2)c(C)c1[N+](=O)[O-]. The number of rotatable bonds is 8. The lowest BCUT2D eigenvalue weighted by Gasteiger charge is -2.22. The van der Waals surface area contributed by atoms with E-state index in [2.05, 4.69) is 5.10 Å². The first-order chi connectivity index (χ1) is 12.3. The molecule has 0 aliphatic carbocycles. The molecule has 1 heterocycles. The first-order valence-corrected chi connectivity index (χ1v) is 8.08. The molecule has 2 aromatic rings. The molecule has 9 nitrogen and oxygen atoms in total. The van der Waals surface area contributed by atoms with Crippen LogP contribution in [0.2, 0.25) is 0 Å². The van der Waals surface area contributed by atoms with E-state index in [4.69, 9.17) is 5.73 Å². The van der Waals surface area contributed by atoms with Crippen LogP contribution in [0.5, 0.6) is 0 Å². The Morgan fingerprint density at radius 2 is 1.92 bits per heavy atom. The first-order valence-electron chi connectivity index (χ1n) is 8.08. The molecule has 138 valence electrons. The number of aryl methyl sites for hydroxylation is 1. The lowest BCUT2D eigenvalue weighted by Crippen LogP contribution is -2.36. The van der Waals surface area contributed by atoms with Crippen LogP contribution in [-0.2, 0) is 22.7 Å². The number of benzene rings is 1. The predicted octanol–water partition coefficient (Wildman–Crippen LogP) is 1.31. The Bertz CT molecular complexity index is 816. The highest BCUT2D eigenvalue weighted by atomic mass is 16.6. The second kappa shape index (κ2) is 8.24. The van der Waals surface area contributed by atoms with Gasteiger partial charge in [-0.1, -0.05) is 30.3 Å². The molecule has 0 spiro atoms. The largest absolute Gasteiger partial charge is 0.370 e. The van der Waals surface area contributed by atoms with Crippen molar-refractivity contribution in [3.63, 3.8) is 0 Å². The van der Waals surface area contributed by atoms with E-state index in [1.807, 2.05) is 30.3 Å². The van der Waals surface area contributed by atoms with Crippen LogP contribution < -0.4 is 5.73 Å². The molecule has 9 heteroatoms. The van der Waals surface area contributed by atoms with E-state index in [0.29, 0.717) is 12.2 Å². The maximum Gasteiger partial charge on any atom is 0.312 e. The summed E-state index contributed by atoms with van der Waals surface area (Å²) >= 11 is 0. The highest BCUT2D eigenvalue weighted by molar-refractivity contribution is 5.78. The van der Waals surface area contributed by atoms with Crippen LogP contribution in [0.4, 0.5) is 5.69 Å². The third kappa shape index (κ3) is 4.65. The average molecular weight is 359 g/mol. The van der Waals surface area contributed by atoms with E-state index < -0.39 is 10.8 Å². The van der Waals surface area contributed by atoms with E-state index in [1.54, 1.807) is 6.92 Å². The zero-order chi connectivity index (χ0) is 19.3.